The van der Waals surface area contributed by atoms with Crippen LogP contribution in [0.1, 0.15) is 16.8 Å². The Morgan fingerprint density at radius 2 is 1.90 bits per heavy atom. The first-order valence-electron chi connectivity index (χ1n) is 5.83. The highest BCUT2D eigenvalue weighted by Crippen LogP contribution is 2.37. The van der Waals surface area contributed by atoms with E-state index in [4.69, 9.17) is 10.5 Å². The van der Waals surface area contributed by atoms with Gasteiger partial charge in [-0.15, -0.1) is 0 Å². The third kappa shape index (κ3) is 2.21. The van der Waals surface area contributed by atoms with Crippen LogP contribution in [-0.2, 0) is 0 Å². The van der Waals surface area contributed by atoms with Crippen LogP contribution in [0.15, 0.2) is 21.1 Å². The van der Waals surface area contributed by atoms with E-state index in [2.05, 4.69) is 37.9 Å². The molecular weight excluding hydrogens is 386 g/mol. The first-order valence-corrected chi connectivity index (χ1v) is 7.41. The van der Waals surface area contributed by atoms with Gasteiger partial charge in [-0.3, -0.25) is 4.57 Å². The van der Waals surface area contributed by atoms with Gasteiger partial charge in [-0.25, -0.2) is 0 Å². The van der Waals surface area contributed by atoms with Crippen molar-refractivity contribution in [1.82, 2.24) is 4.57 Å². The van der Waals surface area contributed by atoms with Gasteiger partial charge in [0, 0.05) is 16.2 Å². The smallest absolute Gasteiger partial charge is 0.135 e. The maximum atomic E-state index is 9.21. The van der Waals surface area contributed by atoms with Crippen molar-refractivity contribution in [3.8, 4) is 17.5 Å². The fourth-order valence-electron chi connectivity index (χ4n) is 2.13. The molecule has 104 valence electrons. The van der Waals surface area contributed by atoms with Crippen LogP contribution in [0.4, 0.5) is 5.82 Å². The lowest BCUT2D eigenvalue weighted by Crippen LogP contribution is -2.04. The standard InChI is InChI=1S/C14H13Br2N3O/c1-7-8(2)19(14(18)9(7)6-17)12-5-13(20-3)11(16)4-10(12)15/h4-5H,18H2,1-3H3. The van der Waals surface area contributed by atoms with E-state index in [1.54, 1.807) is 7.11 Å². The molecule has 0 unspecified atom stereocenters. The van der Waals surface area contributed by atoms with E-state index in [-0.39, 0.29) is 0 Å². The summed E-state index contributed by atoms with van der Waals surface area (Å²) in [5.74, 6) is 1.14. The molecule has 0 saturated heterocycles. The number of nitrogens with zero attached hydrogens (tertiary/aromatic N) is 2. The molecule has 0 bridgehead atoms. The van der Waals surface area contributed by atoms with E-state index in [0.717, 1.165) is 25.9 Å². The molecule has 0 amide bonds. The first-order chi connectivity index (χ1) is 9.42. The van der Waals surface area contributed by atoms with Gasteiger partial charge in [0.25, 0.3) is 0 Å². The van der Waals surface area contributed by atoms with Gasteiger partial charge < -0.3 is 10.5 Å². The molecule has 2 aromatic rings. The fraction of sp³-hybridized carbons (Fsp3) is 0.214. The number of nitrogen functional groups attached to an aromatic ring is 1. The number of benzene rings is 1. The number of hydrogen-bond acceptors (Lipinski definition) is 3. The van der Waals surface area contributed by atoms with E-state index < -0.39 is 0 Å². The largest absolute Gasteiger partial charge is 0.495 e. The van der Waals surface area contributed by atoms with Crippen molar-refractivity contribution in [2.24, 2.45) is 0 Å². The molecule has 0 aliphatic carbocycles. The second kappa shape index (κ2) is 5.51. The molecule has 0 atom stereocenters. The number of hydrogen-bond donors (Lipinski definition) is 1. The highest BCUT2D eigenvalue weighted by molar-refractivity contribution is 9.11. The van der Waals surface area contributed by atoms with E-state index in [0.29, 0.717) is 17.1 Å². The molecule has 20 heavy (non-hydrogen) atoms. The highest BCUT2D eigenvalue weighted by atomic mass is 79.9. The van der Waals surface area contributed by atoms with Gasteiger partial charge in [-0.05, 0) is 57.3 Å². The molecule has 0 aliphatic rings. The molecule has 0 saturated carbocycles. The van der Waals surface area contributed by atoms with Gasteiger partial charge in [0.05, 0.1) is 22.8 Å². The minimum atomic E-state index is 0.438. The second-order valence-corrected chi connectivity index (χ2v) is 6.06. The second-order valence-electron chi connectivity index (χ2n) is 4.36. The first kappa shape index (κ1) is 14.9. The topological polar surface area (TPSA) is 64.0 Å². The molecule has 6 heteroatoms. The Morgan fingerprint density at radius 1 is 1.25 bits per heavy atom. The molecule has 1 aromatic carbocycles. The summed E-state index contributed by atoms with van der Waals surface area (Å²) in [7, 11) is 1.61. The van der Waals surface area contributed by atoms with Gasteiger partial charge in [-0.1, -0.05) is 0 Å². The maximum absolute atomic E-state index is 9.21. The van der Waals surface area contributed by atoms with Crippen molar-refractivity contribution in [2.75, 3.05) is 12.8 Å². The summed E-state index contributed by atoms with van der Waals surface area (Å²) >= 11 is 6.96. The highest BCUT2D eigenvalue weighted by Gasteiger charge is 2.19. The number of anilines is 1. The van der Waals surface area contributed by atoms with Crippen molar-refractivity contribution in [3.63, 3.8) is 0 Å². The van der Waals surface area contributed by atoms with Gasteiger partial charge in [0.15, 0.2) is 0 Å². The zero-order valence-electron chi connectivity index (χ0n) is 11.3. The number of ether oxygens (including phenoxy) is 1. The van der Waals surface area contributed by atoms with Crippen LogP contribution < -0.4 is 10.5 Å². The molecule has 0 radical (unpaired) electrons. The van der Waals surface area contributed by atoms with Crippen molar-refractivity contribution >= 4 is 37.7 Å². The lowest BCUT2D eigenvalue weighted by atomic mass is 10.2. The predicted molar refractivity (Wildman–Crippen MR) is 86.3 cm³/mol. The number of nitrogens with two attached hydrogens (primary N) is 1. The summed E-state index contributed by atoms with van der Waals surface area (Å²) < 4.78 is 8.88. The summed E-state index contributed by atoms with van der Waals surface area (Å²) in [6, 6.07) is 5.92. The summed E-state index contributed by atoms with van der Waals surface area (Å²) in [4.78, 5) is 0. The Bertz CT molecular complexity index is 729. The SMILES string of the molecule is COc1cc(-n2c(C)c(C)c(C#N)c2N)c(Br)cc1Br. The Labute approximate surface area is 134 Å². The lowest BCUT2D eigenvalue weighted by Gasteiger charge is -2.14. The molecule has 2 N–H and O–H groups in total. The Balaban J connectivity index is 2.79. The lowest BCUT2D eigenvalue weighted by molar-refractivity contribution is 0.412. The normalized spacial score (nSPS) is 10.4. The van der Waals surface area contributed by atoms with Gasteiger partial charge in [0.2, 0.25) is 0 Å². The van der Waals surface area contributed by atoms with Crippen LogP contribution in [0.5, 0.6) is 5.75 Å². The fourth-order valence-corrected chi connectivity index (χ4v) is 3.46. The number of methoxy groups -OCH3 is 1. The zero-order chi connectivity index (χ0) is 15.0. The molecule has 2 rings (SSSR count). The summed E-state index contributed by atoms with van der Waals surface area (Å²) in [5.41, 5.74) is 9.28. The van der Waals surface area contributed by atoms with Crippen LogP contribution in [0.3, 0.4) is 0 Å². The summed E-state index contributed by atoms with van der Waals surface area (Å²) in [6.07, 6.45) is 0. The number of nitriles is 1. The summed E-state index contributed by atoms with van der Waals surface area (Å²) in [5, 5.41) is 9.21. The van der Waals surface area contributed by atoms with E-state index in [1.165, 1.54) is 0 Å². The van der Waals surface area contributed by atoms with Crippen LogP contribution >= 0.6 is 31.9 Å². The van der Waals surface area contributed by atoms with Crippen molar-refractivity contribution < 1.29 is 4.74 Å². The van der Waals surface area contributed by atoms with Gasteiger partial charge >= 0.3 is 0 Å². The molecular formula is C14H13Br2N3O. The molecule has 1 heterocycles. The van der Waals surface area contributed by atoms with E-state index in [1.807, 2.05) is 30.5 Å². The monoisotopic (exact) mass is 397 g/mol. The minimum absolute atomic E-state index is 0.438. The Kier molecular flexibility index (Phi) is 4.11. The third-order valence-electron chi connectivity index (χ3n) is 3.32. The molecule has 1 aromatic heterocycles. The van der Waals surface area contributed by atoms with Crippen molar-refractivity contribution in [3.05, 3.63) is 37.9 Å². The molecule has 0 aliphatic heterocycles. The zero-order valence-corrected chi connectivity index (χ0v) is 14.5. The van der Waals surface area contributed by atoms with Crippen molar-refractivity contribution in [1.29, 1.82) is 5.26 Å². The van der Waals surface area contributed by atoms with Gasteiger partial charge in [-0.2, -0.15) is 5.26 Å². The minimum Gasteiger partial charge on any atom is -0.495 e. The third-order valence-corrected chi connectivity index (χ3v) is 4.58. The number of halogens is 2. The van der Waals surface area contributed by atoms with Crippen molar-refractivity contribution in [2.45, 2.75) is 13.8 Å². The molecule has 0 fully saturated rings. The van der Waals surface area contributed by atoms with Crippen LogP contribution in [0.25, 0.3) is 5.69 Å². The maximum Gasteiger partial charge on any atom is 0.135 e. The molecule has 4 nitrogen and oxygen atoms in total. The molecule has 0 spiro atoms. The number of aromatic nitrogens is 1. The van der Waals surface area contributed by atoms with E-state index >= 15 is 0 Å². The van der Waals surface area contributed by atoms with E-state index in [9.17, 15) is 5.26 Å². The van der Waals surface area contributed by atoms with Crippen LogP contribution in [0, 0.1) is 25.2 Å². The number of rotatable bonds is 2. The van der Waals surface area contributed by atoms with Crippen LogP contribution in [0.2, 0.25) is 0 Å². The average Bonchev–Trinajstić information content (AvgIpc) is 2.61. The predicted octanol–water partition coefficient (Wildman–Crippen LogP) is 4.08. The Morgan fingerprint density at radius 3 is 2.40 bits per heavy atom. The summed E-state index contributed by atoms with van der Waals surface area (Å²) in [6.45, 7) is 3.83. The Hall–Kier alpha value is -1.45. The quantitative estimate of drug-likeness (QED) is 0.828. The van der Waals surface area contributed by atoms with Crippen LogP contribution in [-0.4, -0.2) is 11.7 Å². The van der Waals surface area contributed by atoms with Gasteiger partial charge in [0.1, 0.15) is 17.6 Å². The average molecular weight is 399 g/mol.